The van der Waals surface area contributed by atoms with Crippen molar-refractivity contribution in [3.63, 3.8) is 0 Å². The summed E-state index contributed by atoms with van der Waals surface area (Å²) in [6.07, 6.45) is -1.24. The molecule has 0 amide bonds. The number of aryl methyl sites for hydroxylation is 1. The van der Waals surface area contributed by atoms with Gasteiger partial charge in [0.15, 0.2) is 0 Å². The highest BCUT2D eigenvalue weighted by atomic mass is 16.4. The Bertz CT molecular complexity index is 600. The molecule has 0 saturated heterocycles. The van der Waals surface area contributed by atoms with Crippen LogP contribution in [0.1, 0.15) is 16.1 Å². The second-order valence-electron chi connectivity index (χ2n) is 3.32. The molecule has 82 valence electrons. The van der Waals surface area contributed by atoms with Crippen LogP contribution in [0.3, 0.4) is 0 Å². The van der Waals surface area contributed by atoms with E-state index in [4.69, 9.17) is 10.2 Å². The molecule has 0 aliphatic rings. The molecule has 0 bridgehead atoms. The van der Waals surface area contributed by atoms with Gasteiger partial charge in [-0.2, -0.15) is 9.78 Å². The summed E-state index contributed by atoms with van der Waals surface area (Å²) >= 11 is 0. The highest BCUT2D eigenvalue weighted by Gasteiger charge is 2.14. The molecule has 0 aliphatic heterocycles. The lowest BCUT2D eigenvalue weighted by molar-refractivity contribution is 0.0697. The molecule has 6 nitrogen and oxygen atoms in total. The molecule has 1 heterocycles. The third-order valence-electron chi connectivity index (χ3n) is 2.29. The average Bonchev–Trinajstić information content (AvgIpc) is 2.56. The lowest BCUT2D eigenvalue weighted by Crippen LogP contribution is -2.09. The lowest BCUT2D eigenvalue weighted by Gasteiger charge is -1.97. The smallest absolute Gasteiger partial charge is 0.432 e. The molecule has 0 atom stereocenters. The van der Waals surface area contributed by atoms with E-state index in [0.717, 1.165) is 4.68 Å². The number of carboxylic acids is 1. The zero-order valence-electron chi connectivity index (χ0n) is 8.34. The number of fused-ring (bicyclic) bond motifs is 1. The molecule has 0 spiro atoms. The van der Waals surface area contributed by atoms with Gasteiger partial charge in [-0.15, -0.1) is 0 Å². The summed E-state index contributed by atoms with van der Waals surface area (Å²) in [4.78, 5) is 21.6. The molecule has 2 N–H and O–H groups in total. The Morgan fingerprint density at radius 1 is 1.31 bits per heavy atom. The van der Waals surface area contributed by atoms with Gasteiger partial charge in [0.2, 0.25) is 0 Å². The minimum Gasteiger partial charge on any atom is -0.478 e. The summed E-state index contributed by atoms with van der Waals surface area (Å²) in [6, 6.07) is 4.28. The fourth-order valence-electron chi connectivity index (χ4n) is 1.55. The SMILES string of the molecule is Cc1nn(C(=O)O)c2cc(C(=O)O)ccc12. The van der Waals surface area contributed by atoms with Crippen molar-refractivity contribution in [2.24, 2.45) is 0 Å². The molecule has 0 fully saturated rings. The fraction of sp³-hybridized carbons (Fsp3) is 0.100. The van der Waals surface area contributed by atoms with E-state index in [1.807, 2.05) is 0 Å². The van der Waals surface area contributed by atoms with Crippen LogP contribution in [0.15, 0.2) is 18.2 Å². The highest BCUT2D eigenvalue weighted by molar-refractivity contribution is 5.96. The average molecular weight is 220 g/mol. The normalized spacial score (nSPS) is 10.6. The summed E-state index contributed by atoms with van der Waals surface area (Å²) in [5.41, 5.74) is 0.870. The van der Waals surface area contributed by atoms with Crippen LogP contribution in [0.5, 0.6) is 0 Å². The monoisotopic (exact) mass is 220 g/mol. The second-order valence-corrected chi connectivity index (χ2v) is 3.32. The van der Waals surface area contributed by atoms with Crippen molar-refractivity contribution in [3.8, 4) is 0 Å². The summed E-state index contributed by atoms with van der Waals surface area (Å²) in [6.45, 7) is 1.67. The van der Waals surface area contributed by atoms with Crippen LogP contribution < -0.4 is 0 Å². The minimum atomic E-state index is -1.24. The first kappa shape index (κ1) is 10.2. The van der Waals surface area contributed by atoms with Crippen molar-refractivity contribution in [1.29, 1.82) is 0 Å². The summed E-state index contributed by atoms with van der Waals surface area (Å²) in [7, 11) is 0. The number of rotatable bonds is 1. The van der Waals surface area contributed by atoms with Gasteiger partial charge in [0.25, 0.3) is 0 Å². The van der Waals surface area contributed by atoms with E-state index >= 15 is 0 Å². The summed E-state index contributed by atoms with van der Waals surface area (Å²) in [5.74, 6) is -1.10. The topological polar surface area (TPSA) is 92.4 Å². The quantitative estimate of drug-likeness (QED) is 0.760. The molecule has 0 radical (unpaired) electrons. The maximum atomic E-state index is 10.9. The van der Waals surface area contributed by atoms with E-state index in [0.29, 0.717) is 11.1 Å². The number of nitrogens with zero attached hydrogens (tertiary/aromatic N) is 2. The number of hydrogen-bond acceptors (Lipinski definition) is 3. The number of aromatic carboxylic acids is 1. The molecule has 0 saturated carbocycles. The van der Waals surface area contributed by atoms with E-state index in [9.17, 15) is 9.59 Å². The van der Waals surface area contributed by atoms with Gasteiger partial charge < -0.3 is 10.2 Å². The van der Waals surface area contributed by atoms with Crippen molar-refractivity contribution in [2.75, 3.05) is 0 Å². The van der Waals surface area contributed by atoms with Crippen molar-refractivity contribution in [2.45, 2.75) is 6.92 Å². The van der Waals surface area contributed by atoms with Crippen LogP contribution in [0.2, 0.25) is 0 Å². The van der Waals surface area contributed by atoms with Gasteiger partial charge in [-0.1, -0.05) is 6.07 Å². The number of carboxylic acid groups (broad SMARTS) is 2. The van der Waals surface area contributed by atoms with E-state index in [1.165, 1.54) is 12.1 Å². The van der Waals surface area contributed by atoms with Crippen LogP contribution in [-0.2, 0) is 0 Å². The second kappa shape index (κ2) is 3.34. The van der Waals surface area contributed by atoms with Crippen LogP contribution in [0, 0.1) is 6.92 Å². The van der Waals surface area contributed by atoms with E-state index in [-0.39, 0.29) is 11.1 Å². The predicted octanol–water partition coefficient (Wildman–Crippen LogP) is 1.57. The molecule has 1 aromatic heterocycles. The zero-order valence-corrected chi connectivity index (χ0v) is 8.34. The van der Waals surface area contributed by atoms with E-state index < -0.39 is 12.1 Å². The minimum absolute atomic E-state index is 0.0369. The largest absolute Gasteiger partial charge is 0.478 e. The first-order chi connectivity index (χ1) is 7.50. The maximum absolute atomic E-state index is 10.9. The Kier molecular flexibility index (Phi) is 2.12. The van der Waals surface area contributed by atoms with Gasteiger partial charge in [0, 0.05) is 5.39 Å². The standard InChI is InChI=1S/C10H8N2O4/c1-5-7-3-2-6(9(13)14)4-8(7)12(11-5)10(15)16/h2-4H,1H3,(H,13,14)(H,15,16). The highest BCUT2D eigenvalue weighted by Crippen LogP contribution is 2.19. The Labute approximate surface area is 89.7 Å². The molecule has 16 heavy (non-hydrogen) atoms. The number of aromatic nitrogens is 2. The molecule has 0 aliphatic carbocycles. The molecular weight excluding hydrogens is 212 g/mol. The van der Waals surface area contributed by atoms with Gasteiger partial charge >= 0.3 is 12.1 Å². The Hall–Kier alpha value is -2.37. The first-order valence-corrected chi connectivity index (χ1v) is 4.46. The third kappa shape index (κ3) is 1.40. The number of carbonyl (C=O) groups is 2. The van der Waals surface area contributed by atoms with Crippen molar-refractivity contribution >= 4 is 23.0 Å². The Morgan fingerprint density at radius 3 is 2.56 bits per heavy atom. The lowest BCUT2D eigenvalue weighted by atomic mass is 10.1. The van der Waals surface area contributed by atoms with Crippen molar-refractivity contribution < 1.29 is 19.8 Å². The number of benzene rings is 1. The van der Waals surface area contributed by atoms with Crippen LogP contribution in [0.25, 0.3) is 10.9 Å². The molecule has 0 unspecified atom stereocenters. The van der Waals surface area contributed by atoms with E-state index in [1.54, 1.807) is 13.0 Å². The maximum Gasteiger partial charge on any atom is 0.432 e. The van der Waals surface area contributed by atoms with Gasteiger partial charge in [-0.25, -0.2) is 9.59 Å². The molecular formula is C10H8N2O4. The van der Waals surface area contributed by atoms with Gasteiger partial charge in [0.1, 0.15) is 0 Å². The van der Waals surface area contributed by atoms with Crippen molar-refractivity contribution in [3.05, 3.63) is 29.5 Å². The van der Waals surface area contributed by atoms with E-state index in [2.05, 4.69) is 5.10 Å². The Morgan fingerprint density at radius 2 is 2.00 bits per heavy atom. The summed E-state index contributed by atoms with van der Waals surface area (Å²) < 4.78 is 0.775. The molecule has 2 aromatic rings. The number of hydrogen-bond donors (Lipinski definition) is 2. The van der Waals surface area contributed by atoms with Gasteiger partial charge in [0.05, 0.1) is 16.8 Å². The first-order valence-electron chi connectivity index (χ1n) is 4.46. The molecule has 1 aromatic carbocycles. The summed E-state index contributed by atoms with van der Waals surface area (Å²) in [5, 5.41) is 22.1. The van der Waals surface area contributed by atoms with Gasteiger partial charge in [-0.3, -0.25) is 0 Å². The zero-order chi connectivity index (χ0) is 11.9. The van der Waals surface area contributed by atoms with Crippen LogP contribution in [-0.4, -0.2) is 32.1 Å². The van der Waals surface area contributed by atoms with Crippen LogP contribution in [0.4, 0.5) is 4.79 Å². The van der Waals surface area contributed by atoms with Crippen molar-refractivity contribution in [1.82, 2.24) is 9.78 Å². The fourth-order valence-corrected chi connectivity index (χ4v) is 1.55. The molecule has 6 heteroatoms. The third-order valence-corrected chi connectivity index (χ3v) is 2.29. The molecule has 2 rings (SSSR count). The van der Waals surface area contributed by atoms with Gasteiger partial charge in [-0.05, 0) is 19.1 Å². The van der Waals surface area contributed by atoms with Crippen LogP contribution >= 0.6 is 0 Å². The Balaban J connectivity index is 2.79. The predicted molar refractivity (Wildman–Crippen MR) is 54.9 cm³/mol.